The molecular weight excluding hydrogens is 417 g/mol. The molecule has 0 aliphatic carbocycles. The number of likely N-dealkylation sites (tertiary alicyclic amines) is 1. The normalized spacial score (nSPS) is 19.7. The van der Waals surface area contributed by atoms with Gasteiger partial charge in [0.2, 0.25) is 5.91 Å². The number of alkyl halides is 3. The molecule has 1 atom stereocenters. The highest BCUT2D eigenvalue weighted by atomic mass is 19.4. The Hall–Kier alpha value is -2.20. The fourth-order valence-corrected chi connectivity index (χ4v) is 3.51. The lowest BCUT2D eigenvalue weighted by Gasteiger charge is -2.50. The third-order valence-electron chi connectivity index (χ3n) is 5.34. The molecule has 2 fully saturated rings. The Kier molecular flexibility index (Phi) is 8.81. The molecule has 2 aliphatic rings. The van der Waals surface area contributed by atoms with Crippen LogP contribution < -0.4 is 0 Å². The molecule has 0 radical (unpaired) electrons. The number of aromatic nitrogens is 1. The summed E-state index contributed by atoms with van der Waals surface area (Å²) in [5, 5.41) is 7.12. The number of carboxylic acid groups (broad SMARTS) is 1. The lowest BCUT2D eigenvalue weighted by atomic mass is 9.81. The third kappa shape index (κ3) is 7.46. The van der Waals surface area contributed by atoms with E-state index in [9.17, 15) is 18.0 Å². The van der Waals surface area contributed by atoms with Gasteiger partial charge in [-0.15, -0.1) is 0 Å². The Morgan fingerprint density at radius 2 is 2.03 bits per heavy atom. The predicted octanol–water partition coefficient (Wildman–Crippen LogP) is 3.29. The number of carboxylic acids is 1. The number of aliphatic carboxylic acids is 1. The van der Waals surface area contributed by atoms with Gasteiger partial charge in [-0.1, -0.05) is 19.9 Å². The van der Waals surface area contributed by atoms with Crippen molar-refractivity contribution in [1.82, 2.24) is 9.88 Å². The summed E-state index contributed by atoms with van der Waals surface area (Å²) in [5.41, 5.74) is 0.780. The van der Waals surface area contributed by atoms with Crippen LogP contribution in [0.4, 0.5) is 13.2 Å². The van der Waals surface area contributed by atoms with Crippen molar-refractivity contribution < 1.29 is 37.3 Å². The van der Waals surface area contributed by atoms with E-state index in [1.165, 1.54) is 0 Å². The van der Waals surface area contributed by atoms with E-state index in [-0.39, 0.29) is 11.5 Å². The van der Waals surface area contributed by atoms with E-state index in [0.717, 1.165) is 38.2 Å². The Morgan fingerprint density at radius 1 is 1.35 bits per heavy atom. The fourth-order valence-electron chi connectivity index (χ4n) is 3.51. The zero-order chi connectivity index (χ0) is 23.1. The molecular formula is C21H29F3N2O5. The van der Waals surface area contributed by atoms with Gasteiger partial charge in [0.1, 0.15) is 5.60 Å². The number of halogens is 3. The molecule has 1 unspecified atom stereocenters. The maximum Gasteiger partial charge on any atom is 0.490 e. The van der Waals surface area contributed by atoms with Crippen LogP contribution in [0, 0.1) is 11.8 Å². The molecule has 0 saturated carbocycles. The number of nitrogens with zero attached hydrogens (tertiary/aromatic N) is 2. The van der Waals surface area contributed by atoms with Crippen molar-refractivity contribution in [2.45, 2.75) is 51.5 Å². The summed E-state index contributed by atoms with van der Waals surface area (Å²) in [6.07, 6.45) is -0.684. The summed E-state index contributed by atoms with van der Waals surface area (Å²) in [7, 11) is 0. The first-order chi connectivity index (χ1) is 14.5. The smallest absolute Gasteiger partial charge is 0.475 e. The molecule has 174 valence electrons. The van der Waals surface area contributed by atoms with Crippen LogP contribution in [0.15, 0.2) is 24.4 Å². The highest BCUT2D eigenvalue weighted by Crippen LogP contribution is 2.40. The fraction of sp³-hybridized carbons (Fsp3) is 0.667. The van der Waals surface area contributed by atoms with Crippen molar-refractivity contribution in [2.24, 2.45) is 11.8 Å². The summed E-state index contributed by atoms with van der Waals surface area (Å²) in [6.45, 7) is 7.73. The second kappa shape index (κ2) is 10.9. The lowest BCUT2D eigenvalue weighted by molar-refractivity contribution is -0.192. The summed E-state index contributed by atoms with van der Waals surface area (Å²) in [4.78, 5) is 27.3. The number of hydrogen-bond acceptors (Lipinski definition) is 5. The van der Waals surface area contributed by atoms with E-state index >= 15 is 0 Å². The predicted molar refractivity (Wildman–Crippen MR) is 105 cm³/mol. The van der Waals surface area contributed by atoms with Gasteiger partial charge in [-0.2, -0.15) is 13.2 Å². The molecule has 1 spiro atoms. The standard InChI is InChI=1S/C19H28N2O3.C2HF3O2/c1-15(2)6-7-18(22)21-13-19(14-21)16(8-10-24-19)11-23-12-17-5-3-4-9-20-17;3-2(4,5)1(6)7/h3-5,9,15-16H,6-8,10-14H2,1-2H3;(H,6,7). The molecule has 31 heavy (non-hydrogen) atoms. The quantitative estimate of drug-likeness (QED) is 0.692. The molecule has 0 aromatic carbocycles. The Bertz CT molecular complexity index is 721. The van der Waals surface area contributed by atoms with Crippen molar-refractivity contribution in [3.8, 4) is 0 Å². The van der Waals surface area contributed by atoms with E-state index in [0.29, 0.717) is 31.5 Å². The van der Waals surface area contributed by atoms with Crippen LogP contribution >= 0.6 is 0 Å². The van der Waals surface area contributed by atoms with Gasteiger partial charge in [0, 0.05) is 25.1 Å². The SMILES string of the molecule is CC(C)CCC(=O)N1CC2(C1)OCCC2COCc1ccccn1.O=C(O)C(F)(F)F. The third-order valence-corrected chi connectivity index (χ3v) is 5.34. The maximum absolute atomic E-state index is 12.2. The summed E-state index contributed by atoms with van der Waals surface area (Å²) < 4.78 is 43.6. The second-order valence-corrected chi connectivity index (χ2v) is 8.22. The number of carbonyl (C=O) groups excluding carboxylic acids is 1. The first-order valence-corrected chi connectivity index (χ1v) is 10.2. The lowest BCUT2D eigenvalue weighted by Crippen LogP contribution is -2.66. The summed E-state index contributed by atoms with van der Waals surface area (Å²) in [6, 6.07) is 5.85. The van der Waals surface area contributed by atoms with E-state index in [4.69, 9.17) is 19.4 Å². The first kappa shape index (κ1) is 25.1. The van der Waals surface area contributed by atoms with E-state index in [1.807, 2.05) is 23.1 Å². The molecule has 3 heterocycles. The van der Waals surface area contributed by atoms with Crippen LogP contribution in [0.1, 0.15) is 38.8 Å². The van der Waals surface area contributed by atoms with Gasteiger partial charge in [0.25, 0.3) is 0 Å². The maximum atomic E-state index is 12.2. The molecule has 1 N–H and O–H groups in total. The Labute approximate surface area is 179 Å². The van der Waals surface area contributed by atoms with Gasteiger partial charge in [0.05, 0.1) is 32.0 Å². The van der Waals surface area contributed by atoms with Crippen LogP contribution in [-0.2, 0) is 25.7 Å². The van der Waals surface area contributed by atoms with Gasteiger partial charge in [-0.05, 0) is 30.9 Å². The number of carbonyl (C=O) groups is 2. The van der Waals surface area contributed by atoms with Crippen molar-refractivity contribution >= 4 is 11.9 Å². The van der Waals surface area contributed by atoms with E-state index < -0.39 is 12.1 Å². The Morgan fingerprint density at radius 3 is 2.58 bits per heavy atom. The van der Waals surface area contributed by atoms with Crippen LogP contribution in [0.25, 0.3) is 0 Å². The second-order valence-electron chi connectivity index (χ2n) is 8.22. The zero-order valence-corrected chi connectivity index (χ0v) is 17.7. The van der Waals surface area contributed by atoms with Crippen molar-refractivity contribution in [3.63, 3.8) is 0 Å². The molecule has 1 aromatic heterocycles. The topological polar surface area (TPSA) is 89.0 Å². The molecule has 10 heteroatoms. The molecule has 0 bridgehead atoms. The monoisotopic (exact) mass is 446 g/mol. The van der Waals surface area contributed by atoms with Gasteiger partial charge < -0.3 is 19.5 Å². The van der Waals surface area contributed by atoms with E-state index in [1.54, 1.807) is 6.20 Å². The van der Waals surface area contributed by atoms with E-state index in [2.05, 4.69) is 18.8 Å². The summed E-state index contributed by atoms with van der Waals surface area (Å²) in [5.74, 6) is -1.56. The average Bonchev–Trinajstić information content (AvgIpc) is 3.09. The minimum atomic E-state index is -5.08. The number of pyridine rings is 1. The van der Waals surface area contributed by atoms with Gasteiger partial charge in [-0.3, -0.25) is 9.78 Å². The van der Waals surface area contributed by atoms with Gasteiger partial charge >= 0.3 is 12.1 Å². The molecule has 7 nitrogen and oxygen atoms in total. The zero-order valence-electron chi connectivity index (χ0n) is 17.7. The number of hydrogen-bond donors (Lipinski definition) is 1. The minimum Gasteiger partial charge on any atom is -0.475 e. The molecule has 2 saturated heterocycles. The van der Waals surface area contributed by atoms with Crippen molar-refractivity contribution in [1.29, 1.82) is 0 Å². The average molecular weight is 446 g/mol. The van der Waals surface area contributed by atoms with Crippen LogP contribution in [0.5, 0.6) is 0 Å². The molecule has 1 amide bonds. The molecule has 1 aromatic rings. The Balaban J connectivity index is 0.000000423. The number of ether oxygens (including phenoxy) is 2. The molecule has 3 rings (SSSR count). The van der Waals surface area contributed by atoms with Crippen LogP contribution in [-0.4, -0.2) is 64.9 Å². The van der Waals surface area contributed by atoms with Crippen LogP contribution in [0.3, 0.4) is 0 Å². The molecule has 2 aliphatic heterocycles. The highest BCUT2D eigenvalue weighted by molar-refractivity contribution is 5.77. The van der Waals surface area contributed by atoms with Crippen LogP contribution in [0.2, 0.25) is 0 Å². The highest BCUT2D eigenvalue weighted by Gasteiger charge is 2.54. The van der Waals surface area contributed by atoms with Crippen molar-refractivity contribution in [2.75, 3.05) is 26.3 Å². The number of rotatable bonds is 7. The minimum absolute atomic E-state index is 0.169. The summed E-state index contributed by atoms with van der Waals surface area (Å²) >= 11 is 0. The van der Waals surface area contributed by atoms with Gasteiger partial charge in [-0.25, -0.2) is 4.79 Å². The van der Waals surface area contributed by atoms with Gasteiger partial charge in [0.15, 0.2) is 0 Å². The first-order valence-electron chi connectivity index (χ1n) is 10.2. The largest absolute Gasteiger partial charge is 0.490 e. The van der Waals surface area contributed by atoms with Crippen molar-refractivity contribution in [3.05, 3.63) is 30.1 Å². The number of amides is 1.